The minimum atomic E-state index is -0.913. The molecule has 5 rings (SSSR count). The van der Waals surface area contributed by atoms with E-state index in [4.69, 9.17) is 16.3 Å². The number of H-pyrrole nitrogens is 1. The Morgan fingerprint density at radius 3 is 2.56 bits per heavy atom. The second-order valence-electron chi connectivity index (χ2n) is 8.09. The highest BCUT2D eigenvalue weighted by Gasteiger charge is 2.48. The number of hydrogen-bond acceptors (Lipinski definition) is 4. The average molecular weight is 473 g/mol. The van der Waals surface area contributed by atoms with E-state index in [9.17, 15) is 14.7 Å². The summed E-state index contributed by atoms with van der Waals surface area (Å²) in [7, 11) is 1.52. The van der Waals surface area contributed by atoms with Gasteiger partial charge in [0.1, 0.15) is 11.5 Å². The van der Waals surface area contributed by atoms with Gasteiger partial charge in [-0.25, -0.2) is 0 Å². The summed E-state index contributed by atoms with van der Waals surface area (Å²) in [5, 5.41) is 12.7. The molecule has 2 N–H and O–H groups in total. The van der Waals surface area contributed by atoms with Gasteiger partial charge in [0.2, 0.25) is 0 Å². The summed E-state index contributed by atoms with van der Waals surface area (Å²) in [6, 6.07) is 18.8. The van der Waals surface area contributed by atoms with Gasteiger partial charge in [0, 0.05) is 38.9 Å². The van der Waals surface area contributed by atoms with E-state index in [-0.39, 0.29) is 11.3 Å². The molecule has 0 aliphatic carbocycles. The lowest BCUT2D eigenvalue weighted by atomic mass is 9.94. The van der Waals surface area contributed by atoms with E-state index in [1.54, 1.807) is 48.7 Å². The first-order chi connectivity index (χ1) is 16.4. The van der Waals surface area contributed by atoms with Crippen molar-refractivity contribution in [3.63, 3.8) is 0 Å². The number of benzene rings is 3. The fourth-order valence-corrected chi connectivity index (χ4v) is 4.60. The van der Waals surface area contributed by atoms with Crippen LogP contribution in [0.3, 0.4) is 0 Å². The zero-order chi connectivity index (χ0) is 24.0. The van der Waals surface area contributed by atoms with Crippen molar-refractivity contribution >= 4 is 45.6 Å². The minimum Gasteiger partial charge on any atom is -0.507 e. The molecule has 1 saturated heterocycles. The van der Waals surface area contributed by atoms with Gasteiger partial charge in [0.25, 0.3) is 11.7 Å². The van der Waals surface area contributed by atoms with Crippen LogP contribution in [0.4, 0.5) is 5.69 Å². The smallest absolute Gasteiger partial charge is 0.300 e. The minimum absolute atomic E-state index is 0.0176. The number of amides is 1. The quantitative estimate of drug-likeness (QED) is 0.224. The molecule has 34 heavy (non-hydrogen) atoms. The highest BCUT2D eigenvalue weighted by Crippen LogP contribution is 2.45. The molecule has 1 aromatic heterocycles. The predicted octanol–water partition coefficient (Wildman–Crippen LogP) is 5.76. The molecule has 1 unspecified atom stereocenters. The first-order valence-electron chi connectivity index (χ1n) is 10.7. The summed E-state index contributed by atoms with van der Waals surface area (Å²) >= 11 is 6.36. The third kappa shape index (κ3) is 3.35. The maximum absolute atomic E-state index is 13.4. The van der Waals surface area contributed by atoms with Crippen molar-refractivity contribution in [2.45, 2.75) is 13.0 Å². The number of nitrogens with one attached hydrogen (secondary N) is 1. The van der Waals surface area contributed by atoms with Crippen molar-refractivity contribution in [1.82, 2.24) is 4.98 Å². The van der Waals surface area contributed by atoms with Gasteiger partial charge in [-0.05, 0) is 36.8 Å². The van der Waals surface area contributed by atoms with Gasteiger partial charge in [-0.1, -0.05) is 54.1 Å². The lowest BCUT2D eigenvalue weighted by Gasteiger charge is -2.27. The lowest BCUT2D eigenvalue weighted by molar-refractivity contribution is -0.132. The fraction of sp³-hybridized carbons (Fsp3) is 0.111. The molecule has 0 bridgehead atoms. The molecule has 170 valence electrons. The van der Waals surface area contributed by atoms with E-state index >= 15 is 0 Å². The van der Waals surface area contributed by atoms with E-state index in [0.29, 0.717) is 27.6 Å². The van der Waals surface area contributed by atoms with E-state index in [0.717, 1.165) is 16.5 Å². The molecule has 0 saturated carbocycles. The molecule has 1 atom stereocenters. The summed E-state index contributed by atoms with van der Waals surface area (Å²) in [4.78, 5) is 31.2. The standard InChI is InChI=1S/C27H21ClN2O4/c1-15-11-12-16(13-20(15)28)30-24(18-8-4-6-10-22(18)34-2)23(26(32)27(30)33)25(31)19-14-29-21-9-5-3-7-17(19)21/h3-14,24,29,31H,1-2H3/b25-23+. The Morgan fingerprint density at radius 2 is 1.79 bits per heavy atom. The lowest BCUT2D eigenvalue weighted by Crippen LogP contribution is -2.29. The van der Waals surface area contributed by atoms with Gasteiger partial charge in [-0.2, -0.15) is 0 Å². The van der Waals surface area contributed by atoms with Crippen molar-refractivity contribution < 1.29 is 19.4 Å². The Morgan fingerprint density at radius 1 is 1.06 bits per heavy atom. The number of hydrogen-bond donors (Lipinski definition) is 2. The molecular formula is C27H21ClN2O4. The molecule has 1 aliphatic heterocycles. The summed E-state index contributed by atoms with van der Waals surface area (Å²) in [6.45, 7) is 1.86. The van der Waals surface area contributed by atoms with Crippen molar-refractivity contribution in [3.8, 4) is 5.75 Å². The van der Waals surface area contributed by atoms with Gasteiger partial charge in [-0.15, -0.1) is 0 Å². The number of aromatic amines is 1. The van der Waals surface area contributed by atoms with Crippen LogP contribution in [0.25, 0.3) is 16.7 Å². The average Bonchev–Trinajstić information content (AvgIpc) is 3.39. The largest absolute Gasteiger partial charge is 0.507 e. The Bertz CT molecular complexity index is 1490. The number of rotatable bonds is 4. The Kier molecular flexibility index (Phi) is 5.38. The molecule has 2 heterocycles. The molecule has 1 amide bonds. The Labute approximate surface area is 201 Å². The van der Waals surface area contributed by atoms with Gasteiger partial charge in [0.15, 0.2) is 0 Å². The molecule has 0 spiro atoms. The Hall–Kier alpha value is -4.03. The van der Waals surface area contributed by atoms with E-state index in [2.05, 4.69) is 4.98 Å². The highest BCUT2D eigenvalue weighted by molar-refractivity contribution is 6.52. The van der Waals surface area contributed by atoms with Crippen LogP contribution in [0.1, 0.15) is 22.7 Å². The third-order valence-electron chi connectivity index (χ3n) is 6.16. The summed E-state index contributed by atoms with van der Waals surface area (Å²) < 4.78 is 5.56. The molecule has 1 aliphatic rings. The second kappa shape index (κ2) is 8.39. The maximum atomic E-state index is 13.4. The predicted molar refractivity (Wildman–Crippen MR) is 132 cm³/mol. The molecular weight excluding hydrogens is 452 g/mol. The number of methoxy groups -OCH3 is 1. The van der Waals surface area contributed by atoms with Crippen LogP contribution in [-0.2, 0) is 9.59 Å². The van der Waals surface area contributed by atoms with Crippen LogP contribution in [0, 0.1) is 6.92 Å². The van der Waals surface area contributed by atoms with Gasteiger partial charge < -0.3 is 14.8 Å². The number of Topliss-reactive ketones (excluding diaryl/α,β-unsaturated/α-hetero) is 1. The number of para-hydroxylation sites is 2. The summed E-state index contributed by atoms with van der Waals surface area (Å²) in [6.07, 6.45) is 1.63. The normalized spacial score (nSPS) is 17.5. The van der Waals surface area contributed by atoms with Gasteiger partial charge >= 0.3 is 0 Å². The monoisotopic (exact) mass is 472 g/mol. The second-order valence-corrected chi connectivity index (χ2v) is 8.50. The molecule has 0 radical (unpaired) electrons. The molecule has 1 fully saturated rings. The topological polar surface area (TPSA) is 82.6 Å². The van der Waals surface area contributed by atoms with Crippen LogP contribution >= 0.6 is 11.6 Å². The van der Waals surface area contributed by atoms with E-state index in [1.165, 1.54) is 12.0 Å². The number of aryl methyl sites for hydroxylation is 1. The third-order valence-corrected chi connectivity index (χ3v) is 6.56. The highest BCUT2D eigenvalue weighted by atomic mass is 35.5. The maximum Gasteiger partial charge on any atom is 0.300 e. The molecule has 7 heteroatoms. The first kappa shape index (κ1) is 21.8. The van der Waals surface area contributed by atoms with E-state index in [1.807, 2.05) is 31.2 Å². The number of ether oxygens (including phenoxy) is 1. The number of carbonyl (C=O) groups excluding carboxylic acids is 2. The number of nitrogens with zero attached hydrogens (tertiary/aromatic N) is 1. The molecule has 4 aromatic rings. The zero-order valence-electron chi connectivity index (χ0n) is 18.5. The molecule has 6 nitrogen and oxygen atoms in total. The number of fused-ring (bicyclic) bond motifs is 1. The molecule has 3 aromatic carbocycles. The number of aromatic nitrogens is 1. The number of carbonyl (C=O) groups is 2. The van der Waals surface area contributed by atoms with Crippen molar-refractivity contribution in [2.75, 3.05) is 12.0 Å². The fourth-order valence-electron chi connectivity index (χ4n) is 4.43. The Balaban J connectivity index is 1.79. The zero-order valence-corrected chi connectivity index (χ0v) is 19.3. The number of anilines is 1. The van der Waals surface area contributed by atoms with E-state index < -0.39 is 17.7 Å². The van der Waals surface area contributed by atoms with Crippen molar-refractivity contribution in [3.05, 3.63) is 100 Å². The van der Waals surface area contributed by atoms with Crippen LogP contribution in [0.5, 0.6) is 5.75 Å². The summed E-state index contributed by atoms with van der Waals surface area (Å²) in [5.41, 5.74) is 3.09. The number of aliphatic hydroxyl groups is 1. The van der Waals surface area contributed by atoms with Gasteiger partial charge in [0.05, 0.1) is 18.7 Å². The van der Waals surface area contributed by atoms with Crippen LogP contribution in [-0.4, -0.2) is 28.9 Å². The van der Waals surface area contributed by atoms with Crippen LogP contribution in [0.2, 0.25) is 5.02 Å². The summed E-state index contributed by atoms with van der Waals surface area (Å²) in [5.74, 6) is -1.30. The van der Waals surface area contributed by atoms with Gasteiger partial charge in [-0.3, -0.25) is 14.5 Å². The SMILES string of the molecule is COc1ccccc1C1/C(=C(\O)c2c[nH]c3ccccc23)C(=O)C(=O)N1c1ccc(C)c(Cl)c1. The first-order valence-corrected chi connectivity index (χ1v) is 11.1. The van der Waals surface area contributed by atoms with Crippen molar-refractivity contribution in [2.24, 2.45) is 0 Å². The van der Waals surface area contributed by atoms with Crippen LogP contribution < -0.4 is 9.64 Å². The number of ketones is 1. The number of aliphatic hydroxyl groups excluding tert-OH is 1. The number of halogens is 1. The van der Waals surface area contributed by atoms with Crippen LogP contribution in [0.15, 0.2) is 78.5 Å². The van der Waals surface area contributed by atoms with Crippen molar-refractivity contribution in [1.29, 1.82) is 0 Å².